The zero-order valence-corrected chi connectivity index (χ0v) is 3.62. The first kappa shape index (κ1) is 5.43. The molecule has 0 aromatic heterocycles. The van der Waals surface area contributed by atoms with E-state index in [-0.39, 0.29) is 0 Å². The predicted octanol–water partition coefficient (Wildman–Crippen LogP) is 0.909. The lowest BCUT2D eigenvalue weighted by Crippen LogP contribution is -1.32. The van der Waals surface area contributed by atoms with E-state index in [1.54, 1.807) is 0 Å². The maximum absolute atomic E-state index is 9.41. The van der Waals surface area contributed by atoms with Crippen LogP contribution in [0.4, 0.5) is 0 Å². The van der Waals surface area contributed by atoms with E-state index in [2.05, 4.69) is 0 Å². The van der Waals surface area contributed by atoms with E-state index >= 15 is 0 Å². The van der Waals surface area contributed by atoms with Gasteiger partial charge in [-0.25, -0.2) is 0 Å². The van der Waals surface area contributed by atoms with E-state index in [4.69, 9.17) is 9.81 Å². The Hall–Kier alpha value is -0.570. The topological polar surface area (TPSA) is 75.9 Å². The average Bonchev–Trinajstić information content (AvgIpc) is 1.65. The molecule has 0 radical (unpaired) electrons. The van der Waals surface area contributed by atoms with Gasteiger partial charge in [-0.3, -0.25) is 4.57 Å². The summed E-state index contributed by atoms with van der Waals surface area (Å²) in [4.78, 5) is 21.5. The number of hydrogen-bond acceptors (Lipinski definition) is 3. The minimum absolute atomic E-state index is 1.82. The van der Waals surface area contributed by atoms with Crippen LogP contribution in [-0.2, 0) is 4.57 Å². The van der Waals surface area contributed by atoms with Crippen molar-refractivity contribution in [1.29, 1.82) is 0 Å². The Labute approximate surface area is 33.6 Å². The molecule has 6 heteroatoms. The van der Waals surface area contributed by atoms with Crippen molar-refractivity contribution in [2.75, 3.05) is 0 Å². The first-order chi connectivity index (χ1) is 2.81. The fraction of sp³-hybridized carbons (Fsp3) is 0. The highest BCUT2D eigenvalue weighted by Gasteiger charge is 1.86. The van der Waals surface area contributed by atoms with E-state index in [0.717, 1.165) is 0 Å². The summed E-state index contributed by atoms with van der Waals surface area (Å²) in [5, 5.41) is 0. The van der Waals surface area contributed by atoms with Gasteiger partial charge in [-0.05, 0) is 0 Å². The summed E-state index contributed by atoms with van der Waals surface area (Å²) < 4.78 is 9.41. The van der Waals surface area contributed by atoms with Gasteiger partial charge in [-0.2, -0.15) is 0 Å². The molecular formula is HN2O3P. The van der Waals surface area contributed by atoms with Crippen molar-refractivity contribution in [2.24, 2.45) is 9.89 Å². The SMILES string of the molecule is O=N[PH](=O)N=O. The van der Waals surface area contributed by atoms with Crippen molar-refractivity contribution >= 4 is 8.10 Å². The molecule has 0 saturated heterocycles. The van der Waals surface area contributed by atoms with Crippen molar-refractivity contribution < 1.29 is 4.57 Å². The van der Waals surface area contributed by atoms with Gasteiger partial charge in [-0.1, -0.05) is 0 Å². The minimum atomic E-state index is -2.98. The molecule has 0 atom stereocenters. The molecule has 0 unspecified atom stereocenters. The Morgan fingerprint density at radius 2 is 1.50 bits per heavy atom. The zero-order chi connectivity index (χ0) is 4.99. The van der Waals surface area contributed by atoms with Gasteiger partial charge in [0, 0.05) is 9.89 Å². The van der Waals surface area contributed by atoms with Gasteiger partial charge in [-0.15, -0.1) is 9.81 Å². The van der Waals surface area contributed by atoms with Gasteiger partial charge in [0.2, 0.25) is 0 Å². The van der Waals surface area contributed by atoms with Crippen molar-refractivity contribution in [3.63, 3.8) is 0 Å². The summed E-state index contributed by atoms with van der Waals surface area (Å²) in [6.45, 7) is 0. The lowest BCUT2D eigenvalue weighted by atomic mass is 13.7. The van der Waals surface area contributed by atoms with Crippen LogP contribution in [0.2, 0.25) is 0 Å². The molecule has 0 aliphatic rings. The molecule has 0 amide bonds. The summed E-state index contributed by atoms with van der Waals surface area (Å²) >= 11 is 0. The van der Waals surface area contributed by atoms with Crippen LogP contribution in [0.1, 0.15) is 0 Å². The maximum atomic E-state index is 9.41. The summed E-state index contributed by atoms with van der Waals surface area (Å²) in [5.41, 5.74) is 0. The Morgan fingerprint density at radius 1 is 1.17 bits per heavy atom. The molecule has 0 aromatic carbocycles. The molecular weight excluding hydrogens is 107 g/mol. The lowest BCUT2D eigenvalue weighted by Gasteiger charge is -1.59. The third-order valence-corrected chi connectivity index (χ3v) is 0.469. The summed E-state index contributed by atoms with van der Waals surface area (Å²) in [5.74, 6) is 0. The monoisotopic (exact) mass is 108 g/mol. The minimum Gasteiger partial charge on any atom is -0.269 e. The second-order valence-electron chi connectivity index (χ2n) is 0.465. The molecule has 0 spiro atoms. The van der Waals surface area contributed by atoms with E-state index in [1.807, 2.05) is 9.89 Å². The average molecular weight is 108 g/mol. The molecule has 0 fully saturated rings. The van der Waals surface area contributed by atoms with Gasteiger partial charge < -0.3 is 0 Å². The van der Waals surface area contributed by atoms with Gasteiger partial charge in [0.05, 0.1) is 0 Å². The standard InChI is InChI=1S/HN2O3P/c3-1-6(5)2-4/h6H. The highest BCUT2D eigenvalue weighted by molar-refractivity contribution is 7.41. The van der Waals surface area contributed by atoms with Gasteiger partial charge >= 0.3 is 8.10 Å². The van der Waals surface area contributed by atoms with Crippen molar-refractivity contribution in [2.45, 2.75) is 0 Å². The fourth-order valence-corrected chi connectivity index (χ4v) is 0.0500. The van der Waals surface area contributed by atoms with Crippen LogP contribution < -0.4 is 0 Å². The van der Waals surface area contributed by atoms with Crippen LogP contribution in [0.5, 0.6) is 0 Å². The van der Waals surface area contributed by atoms with E-state index < -0.39 is 8.10 Å². The second kappa shape index (κ2) is 2.66. The predicted molar refractivity (Wildman–Crippen MR) is 20.6 cm³/mol. The van der Waals surface area contributed by atoms with Crippen LogP contribution >= 0.6 is 8.10 Å². The second-order valence-corrected chi connectivity index (χ2v) is 1.40. The molecule has 0 heterocycles. The van der Waals surface area contributed by atoms with Crippen LogP contribution in [0.3, 0.4) is 0 Å². The quantitative estimate of drug-likeness (QED) is 0.389. The van der Waals surface area contributed by atoms with Gasteiger partial charge in [0.1, 0.15) is 0 Å². The Morgan fingerprint density at radius 3 is 1.50 bits per heavy atom. The Kier molecular flexibility index (Phi) is 2.40. The molecule has 5 nitrogen and oxygen atoms in total. The largest absolute Gasteiger partial charge is 0.364 e. The maximum Gasteiger partial charge on any atom is 0.364 e. The Balaban J connectivity index is 3.52. The van der Waals surface area contributed by atoms with Crippen molar-refractivity contribution in [3.05, 3.63) is 9.81 Å². The number of nitrogens with zero attached hydrogens (tertiary/aromatic N) is 2. The molecule has 34 valence electrons. The molecule has 6 heavy (non-hydrogen) atoms. The summed E-state index contributed by atoms with van der Waals surface area (Å²) in [6.07, 6.45) is 0. The normalized spacial score (nSPS) is 8.17. The molecule has 0 bridgehead atoms. The molecule has 0 aliphatic heterocycles. The number of hydrogen-bond donors (Lipinski definition) is 0. The molecule has 0 aliphatic carbocycles. The summed E-state index contributed by atoms with van der Waals surface area (Å²) in [6, 6.07) is 0. The molecule has 0 saturated carbocycles. The van der Waals surface area contributed by atoms with Crippen LogP contribution in [0.25, 0.3) is 0 Å². The fourth-order valence-electron chi connectivity index (χ4n) is 0.0167. The molecule has 0 rings (SSSR count). The lowest BCUT2D eigenvalue weighted by molar-refractivity contribution is 0.589. The summed E-state index contributed by atoms with van der Waals surface area (Å²) in [7, 11) is -2.98. The van der Waals surface area contributed by atoms with Gasteiger partial charge in [0.25, 0.3) is 0 Å². The third-order valence-electron chi connectivity index (χ3n) is 0.156. The van der Waals surface area contributed by atoms with E-state index in [0.29, 0.717) is 0 Å². The smallest absolute Gasteiger partial charge is 0.269 e. The third kappa shape index (κ3) is 1.72. The highest BCUT2D eigenvalue weighted by atomic mass is 31.1. The molecule has 0 N–H and O–H groups in total. The van der Waals surface area contributed by atoms with Crippen molar-refractivity contribution in [3.8, 4) is 0 Å². The van der Waals surface area contributed by atoms with Gasteiger partial charge in [0.15, 0.2) is 0 Å². The number of rotatable bonds is 2. The van der Waals surface area contributed by atoms with E-state index in [1.165, 1.54) is 0 Å². The first-order valence-corrected chi connectivity index (χ1v) is 2.32. The van der Waals surface area contributed by atoms with Crippen LogP contribution in [0, 0.1) is 9.81 Å². The van der Waals surface area contributed by atoms with E-state index in [9.17, 15) is 4.57 Å². The van der Waals surface area contributed by atoms with Crippen LogP contribution in [0.15, 0.2) is 9.89 Å². The molecule has 0 aromatic rings. The zero-order valence-electron chi connectivity index (χ0n) is 2.62. The first-order valence-electron chi connectivity index (χ1n) is 1.02. The highest BCUT2D eigenvalue weighted by Crippen LogP contribution is 2.20. The van der Waals surface area contributed by atoms with Crippen LogP contribution in [-0.4, -0.2) is 0 Å². The number of nitroso groups, excluding NO2 is 2. The van der Waals surface area contributed by atoms with Crippen molar-refractivity contribution in [1.82, 2.24) is 0 Å². The Bertz CT molecular complexity index is 76.8.